The van der Waals surface area contributed by atoms with E-state index in [1.54, 1.807) is 0 Å². The lowest BCUT2D eigenvalue weighted by atomic mass is 10.1. The van der Waals surface area contributed by atoms with Crippen LogP contribution in [-0.2, 0) is 6.61 Å². The number of hydrogen-bond acceptors (Lipinski definition) is 2. The minimum Gasteiger partial charge on any atom is -0.461 e. The van der Waals surface area contributed by atoms with Crippen LogP contribution in [0, 0.1) is 6.92 Å². The van der Waals surface area contributed by atoms with Crippen molar-refractivity contribution in [2.75, 3.05) is 0 Å². The third kappa shape index (κ3) is 2.89. The predicted octanol–water partition coefficient (Wildman–Crippen LogP) is 4.38. The first-order chi connectivity index (χ1) is 8.11. The van der Waals surface area contributed by atoms with E-state index >= 15 is 0 Å². The van der Waals surface area contributed by atoms with Crippen LogP contribution in [0.1, 0.15) is 50.5 Å². The third-order valence-electron chi connectivity index (χ3n) is 2.63. The number of fused-ring (bicyclic) bond motifs is 1. The second-order valence-electron chi connectivity index (χ2n) is 4.29. The van der Waals surface area contributed by atoms with Gasteiger partial charge >= 0.3 is 0 Å². The first kappa shape index (κ1) is 13.8. The van der Waals surface area contributed by atoms with Crippen LogP contribution >= 0.6 is 0 Å². The Morgan fingerprint density at radius 3 is 2.35 bits per heavy atom. The highest BCUT2D eigenvalue weighted by atomic mass is 16.3. The van der Waals surface area contributed by atoms with Gasteiger partial charge in [-0.3, -0.25) is 0 Å². The lowest BCUT2D eigenvalue weighted by Crippen LogP contribution is -1.84. The zero-order chi connectivity index (χ0) is 13.0. The Kier molecular flexibility index (Phi) is 4.76. The molecule has 17 heavy (non-hydrogen) atoms. The molecule has 2 heteroatoms. The highest BCUT2D eigenvalue weighted by Crippen LogP contribution is 2.28. The van der Waals surface area contributed by atoms with Crippen molar-refractivity contribution in [3.05, 3.63) is 35.1 Å². The molecule has 1 heterocycles. The van der Waals surface area contributed by atoms with Crippen molar-refractivity contribution in [3.8, 4) is 0 Å². The Morgan fingerprint density at radius 2 is 1.82 bits per heavy atom. The summed E-state index contributed by atoms with van der Waals surface area (Å²) in [4.78, 5) is 0. The van der Waals surface area contributed by atoms with Gasteiger partial charge in [-0.1, -0.05) is 33.8 Å². The van der Waals surface area contributed by atoms with Crippen LogP contribution in [0.2, 0.25) is 0 Å². The molecule has 1 aromatic heterocycles. The Labute approximate surface area is 103 Å². The molecule has 1 N–H and O–H groups in total. The maximum atomic E-state index is 9.11. The molecule has 2 rings (SSSR count). The van der Waals surface area contributed by atoms with Crippen molar-refractivity contribution in [1.82, 2.24) is 0 Å². The molecule has 2 aromatic rings. The number of furan rings is 1. The zero-order valence-corrected chi connectivity index (χ0v) is 11.4. The van der Waals surface area contributed by atoms with Gasteiger partial charge in [-0.15, -0.1) is 0 Å². The zero-order valence-electron chi connectivity index (χ0n) is 11.4. The van der Waals surface area contributed by atoms with Crippen LogP contribution in [0.5, 0.6) is 0 Å². The average Bonchev–Trinajstić information content (AvgIpc) is 2.76. The molecule has 0 aliphatic carbocycles. The van der Waals surface area contributed by atoms with Gasteiger partial charge in [0.1, 0.15) is 11.3 Å². The summed E-state index contributed by atoms with van der Waals surface area (Å²) in [5.41, 5.74) is 2.97. The van der Waals surface area contributed by atoms with E-state index in [0.717, 1.165) is 27.9 Å². The summed E-state index contributed by atoms with van der Waals surface area (Å²) in [6, 6.07) is 6.01. The van der Waals surface area contributed by atoms with Gasteiger partial charge in [0.15, 0.2) is 0 Å². The third-order valence-corrected chi connectivity index (χ3v) is 2.63. The van der Waals surface area contributed by atoms with Crippen molar-refractivity contribution in [2.24, 2.45) is 0 Å². The fourth-order valence-corrected chi connectivity index (χ4v) is 1.80. The summed E-state index contributed by atoms with van der Waals surface area (Å²) in [5, 5.41) is 10.2. The van der Waals surface area contributed by atoms with E-state index < -0.39 is 0 Å². The minimum atomic E-state index is 0.0823. The SMILES string of the molecule is CC.Cc1cc(CO)cc2cc(C(C)C)oc12. The molecule has 0 aliphatic heterocycles. The summed E-state index contributed by atoms with van der Waals surface area (Å²) < 4.78 is 5.78. The maximum absolute atomic E-state index is 9.11. The minimum absolute atomic E-state index is 0.0823. The van der Waals surface area contributed by atoms with Gasteiger partial charge in [0.25, 0.3) is 0 Å². The van der Waals surface area contributed by atoms with Gasteiger partial charge < -0.3 is 9.52 Å². The topological polar surface area (TPSA) is 33.4 Å². The molecule has 0 amide bonds. The summed E-state index contributed by atoms with van der Waals surface area (Å²) in [7, 11) is 0. The Morgan fingerprint density at radius 1 is 1.18 bits per heavy atom. The first-order valence-corrected chi connectivity index (χ1v) is 6.25. The molecular formula is C15H22O2. The Hall–Kier alpha value is -1.28. The normalized spacial score (nSPS) is 10.5. The van der Waals surface area contributed by atoms with Crippen molar-refractivity contribution in [2.45, 2.75) is 47.1 Å². The van der Waals surface area contributed by atoms with Crippen LogP contribution in [0.4, 0.5) is 0 Å². The van der Waals surface area contributed by atoms with E-state index in [1.807, 2.05) is 32.9 Å². The molecule has 0 unspecified atom stereocenters. The monoisotopic (exact) mass is 234 g/mol. The molecule has 0 radical (unpaired) electrons. The average molecular weight is 234 g/mol. The van der Waals surface area contributed by atoms with Gasteiger partial charge in [0.05, 0.1) is 6.61 Å². The molecular weight excluding hydrogens is 212 g/mol. The standard InChI is InChI=1S/C13H16O2.C2H6/c1-8(2)12-6-11-5-10(7-14)4-9(3)13(11)15-12;1-2/h4-6,8,14H,7H2,1-3H3;1-2H3. The molecule has 0 saturated heterocycles. The fraction of sp³-hybridized carbons (Fsp3) is 0.467. The molecule has 94 valence electrons. The van der Waals surface area contributed by atoms with E-state index in [1.165, 1.54) is 0 Å². The largest absolute Gasteiger partial charge is 0.461 e. The van der Waals surface area contributed by atoms with Crippen LogP contribution in [-0.4, -0.2) is 5.11 Å². The molecule has 0 spiro atoms. The number of aliphatic hydroxyl groups excluding tert-OH is 1. The predicted molar refractivity (Wildman–Crippen MR) is 72.3 cm³/mol. The van der Waals surface area contributed by atoms with Crippen molar-refractivity contribution >= 4 is 11.0 Å². The van der Waals surface area contributed by atoms with Crippen molar-refractivity contribution in [1.29, 1.82) is 0 Å². The van der Waals surface area contributed by atoms with Crippen LogP contribution in [0.25, 0.3) is 11.0 Å². The van der Waals surface area contributed by atoms with Crippen molar-refractivity contribution in [3.63, 3.8) is 0 Å². The molecule has 0 saturated carbocycles. The summed E-state index contributed by atoms with van der Waals surface area (Å²) in [6.45, 7) is 10.3. The quantitative estimate of drug-likeness (QED) is 0.836. The van der Waals surface area contributed by atoms with E-state index in [4.69, 9.17) is 9.52 Å². The van der Waals surface area contributed by atoms with E-state index in [0.29, 0.717) is 5.92 Å². The summed E-state index contributed by atoms with van der Waals surface area (Å²) in [6.07, 6.45) is 0. The second kappa shape index (κ2) is 5.87. The summed E-state index contributed by atoms with van der Waals surface area (Å²) in [5.74, 6) is 1.40. The molecule has 0 bridgehead atoms. The van der Waals surface area contributed by atoms with Crippen LogP contribution in [0.3, 0.4) is 0 Å². The second-order valence-corrected chi connectivity index (χ2v) is 4.29. The molecule has 0 fully saturated rings. The van der Waals surface area contributed by atoms with Gasteiger partial charge in [-0.2, -0.15) is 0 Å². The Balaban J connectivity index is 0.000000686. The first-order valence-electron chi connectivity index (χ1n) is 6.25. The lowest BCUT2D eigenvalue weighted by Gasteiger charge is -1.99. The van der Waals surface area contributed by atoms with Gasteiger partial charge in [-0.25, -0.2) is 0 Å². The molecule has 0 atom stereocenters. The molecule has 2 nitrogen and oxygen atoms in total. The lowest BCUT2D eigenvalue weighted by molar-refractivity contribution is 0.282. The summed E-state index contributed by atoms with van der Waals surface area (Å²) >= 11 is 0. The van der Waals surface area contributed by atoms with Crippen molar-refractivity contribution < 1.29 is 9.52 Å². The number of aliphatic hydroxyl groups is 1. The smallest absolute Gasteiger partial charge is 0.137 e. The van der Waals surface area contributed by atoms with Crippen LogP contribution < -0.4 is 0 Å². The van der Waals surface area contributed by atoms with E-state index in [-0.39, 0.29) is 6.61 Å². The number of aryl methyl sites for hydroxylation is 1. The number of benzene rings is 1. The maximum Gasteiger partial charge on any atom is 0.137 e. The number of hydrogen-bond donors (Lipinski definition) is 1. The van der Waals surface area contributed by atoms with E-state index in [9.17, 15) is 0 Å². The number of rotatable bonds is 2. The highest BCUT2D eigenvalue weighted by Gasteiger charge is 2.09. The van der Waals surface area contributed by atoms with E-state index in [2.05, 4.69) is 19.9 Å². The van der Waals surface area contributed by atoms with Gasteiger partial charge in [-0.05, 0) is 30.2 Å². The Bertz CT molecular complexity index is 481. The van der Waals surface area contributed by atoms with Gasteiger partial charge in [0.2, 0.25) is 0 Å². The van der Waals surface area contributed by atoms with Gasteiger partial charge in [0, 0.05) is 11.3 Å². The molecule has 1 aromatic carbocycles. The van der Waals surface area contributed by atoms with Crippen LogP contribution in [0.15, 0.2) is 22.6 Å². The highest BCUT2D eigenvalue weighted by molar-refractivity contribution is 5.82. The fourth-order valence-electron chi connectivity index (χ4n) is 1.80. The molecule has 0 aliphatic rings.